The van der Waals surface area contributed by atoms with Gasteiger partial charge in [-0.15, -0.1) is 0 Å². The molecule has 0 aliphatic heterocycles. The average molecular weight is 369 g/mol. The summed E-state index contributed by atoms with van der Waals surface area (Å²) in [5.41, 5.74) is 7.49. The fraction of sp³-hybridized carbons (Fsp3) is 0. The molecule has 1 aromatic heterocycles. The van der Waals surface area contributed by atoms with E-state index in [4.69, 9.17) is 21.9 Å². The number of nitrogens with zero attached hydrogens (tertiary/aromatic N) is 2. The number of benzene rings is 2. The van der Waals surface area contributed by atoms with Crippen LogP contribution in [0.15, 0.2) is 45.4 Å². The Morgan fingerprint density at radius 2 is 1.95 bits per heavy atom. The van der Waals surface area contributed by atoms with Crippen LogP contribution in [0.25, 0.3) is 22.8 Å². The predicted octanol–water partition coefficient (Wildman–Crippen LogP) is 4.54. The normalized spacial score (nSPS) is 10.8. The molecule has 3 rings (SSSR count). The summed E-state index contributed by atoms with van der Waals surface area (Å²) in [4.78, 5) is 4.27. The van der Waals surface area contributed by atoms with E-state index in [1.165, 1.54) is 18.2 Å². The molecule has 3 aromatic rings. The molecule has 0 amide bonds. The third-order valence-electron chi connectivity index (χ3n) is 2.82. The monoisotopic (exact) mass is 367 g/mol. The van der Waals surface area contributed by atoms with E-state index < -0.39 is 5.82 Å². The molecule has 106 valence electrons. The largest absolute Gasteiger partial charge is 0.399 e. The quantitative estimate of drug-likeness (QED) is 0.674. The standard InChI is InChI=1S/C14H8BrClFN3O/c15-11-4-2-8(18)6-10(11)14-19-13(20-21-14)9-3-1-7(17)5-12(9)16/h1-6H,18H2. The number of halogens is 3. The lowest BCUT2D eigenvalue weighted by molar-refractivity contribution is 0.432. The van der Waals surface area contributed by atoms with E-state index in [0.29, 0.717) is 22.7 Å². The molecule has 0 radical (unpaired) electrons. The fourth-order valence-corrected chi connectivity index (χ4v) is 2.49. The maximum absolute atomic E-state index is 13.1. The summed E-state index contributed by atoms with van der Waals surface area (Å²) < 4.78 is 19.1. The maximum atomic E-state index is 13.1. The van der Waals surface area contributed by atoms with Gasteiger partial charge >= 0.3 is 0 Å². The summed E-state index contributed by atoms with van der Waals surface area (Å²) in [6.07, 6.45) is 0. The highest BCUT2D eigenvalue weighted by Crippen LogP contribution is 2.32. The molecule has 0 bridgehead atoms. The van der Waals surface area contributed by atoms with Crippen LogP contribution in [0.4, 0.5) is 10.1 Å². The van der Waals surface area contributed by atoms with Gasteiger partial charge in [-0.05, 0) is 52.3 Å². The van der Waals surface area contributed by atoms with Crippen LogP contribution >= 0.6 is 27.5 Å². The molecule has 0 atom stereocenters. The van der Waals surface area contributed by atoms with Crippen LogP contribution in [0.1, 0.15) is 0 Å². The molecular weight excluding hydrogens is 361 g/mol. The zero-order valence-electron chi connectivity index (χ0n) is 10.5. The first-order valence-corrected chi connectivity index (χ1v) is 7.06. The number of hydrogen-bond acceptors (Lipinski definition) is 4. The smallest absolute Gasteiger partial charge is 0.259 e. The van der Waals surface area contributed by atoms with Crippen molar-refractivity contribution >= 4 is 33.2 Å². The third kappa shape index (κ3) is 2.77. The first-order valence-electron chi connectivity index (χ1n) is 5.89. The van der Waals surface area contributed by atoms with Gasteiger partial charge in [0.1, 0.15) is 5.82 Å². The van der Waals surface area contributed by atoms with Crippen molar-refractivity contribution in [3.8, 4) is 22.8 Å². The minimum atomic E-state index is -0.425. The van der Waals surface area contributed by atoms with Crippen LogP contribution < -0.4 is 5.73 Å². The number of nitrogens with two attached hydrogens (primary N) is 1. The molecule has 4 nitrogen and oxygen atoms in total. The van der Waals surface area contributed by atoms with Gasteiger partial charge in [-0.2, -0.15) is 4.98 Å². The van der Waals surface area contributed by atoms with Gasteiger partial charge in [0.25, 0.3) is 5.89 Å². The van der Waals surface area contributed by atoms with Crippen molar-refractivity contribution in [2.24, 2.45) is 0 Å². The second kappa shape index (κ2) is 5.46. The molecule has 21 heavy (non-hydrogen) atoms. The maximum Gasteiger partial charge on any atom is 0.259 e. The zero-order valence-corrected chi connectivity index (χ0v) is 12.8. The summed E-state index contributed by atoms with van der Waals surface area (Å²) in [6.45, 7) is 0. The van der Waals surface area contributed by atoms with Crippen molar-refractivity contribution in [2.45, 2.75) is 0 Å². The molecule has 0 aliphatic rings. The summed E-state index contributed by atoms with van der Waals surface area (Å²) >= 11 is 9.38. The average Bonchev–Trinajstić information content (AvgIpc) is 2.91. The molecule has 2 aromatic carbocycles. The van der Waals surface area contributed by atoms with Crippen molar-refractivity contribution in [3.05, 3.63) is 51.7 Å². The van der Waals surface area contributed by atoms with Gasteiger partial charge in [0, 0.05) is 15.7 Å². The topological polar surface area (TPSA) is 64.9 Å². The molecule has 0 spiro atoms. The van der Waals surface area contributed by atoms with Gasteiger partial charge < -0.3 is 10.3 Å². The lowest BCUT2D eigenvalue weighted by atomic mass is 10.2. The Morgan fingerprint density at radius 3 is 2.71 bits per heavy atom. The predicted molar refractivity (Wildman–Crippen MR) is 82.3 cm³/mol. The van der Waals surface area contributed by atoms with Crippen molar-refractivity contribution in [3.63, 3.8) is 0 Å². The van der Waals surface area contributed by atoms with Gasteiger partial charge in [-0.25, -0.2) is 4.39 Å². The lowest BCUT2D eigenvalue weighted by Crippen LogP contribution is -1.87. The summed E-state index contributed by atoms with van der Waals surface area (Å²) in [6, 6.07) is 9.24. The highest BCUT2D eigenvalue weighted by atomic mass is 79.9. The summed E-state index contributed by atoms with van der Waals surface area (Å²) in [7, 11) is 0. The molecule has 1 heterocycles. The van der Waals surface area contributed by atoms with Gasteiger partial charge in [-0.1, -0.05) is 16.8 Å². The Morgan fingerprint density at radius 1 is 1.14 bits per heavy atom. The second-order valence-corrected chi connectivity index (χ2v) is 5.55. The fourth-order valence-electron chi connectivity index (χ4n) is 1.82. The summed E-state index contributed by atoms with van der Waals surface area (Å²) in [5.74, 6) is 0.153. The van der Waals surface area contributed by atoms with Crippen molar-refractivity contribution < 1.29 is 8.91 Å². The molecule has 7 heteroatoms. The van der Waals surface area contributed by atoms with E-state index in [1.807, 2.05) is 0 Å². The first kappa shape index (κ1) is 14.0. The van der Waals surface area contributed by atoms with Gasteiger partial charge in [0.05, 0.1) is 10.6 Å². The number of rotatable bonds is 2. The van der Waals surface area contributed by atoms with Crippen molar-refractivity contribution in [1.82, 2.24) is 10.1 Å². The molecule has 0 aliphatic carbocycles. The number of aromatic nitrogens is 2. The van der Waals surface area contributed by atoms with Crippen LogP contribution in [0.2, 0.25) is 5.02 Å². The SMILES string of the molecule is Nc1ccc(Br)c(-c2nc(-c3ccc(F)cc3Cl)no2)c1. The molecule has 2 N–H and O–H groups in total. The van der Waals surface area contributed by atoms with Crippen LogP contribution in [-0.4, -0.2) is 10.1 Å². The lowest BCUT2D eigenvalue weighted by Gasteiger charge is -2.00. The first-order chi connectivity index (χ1) is 10.0. The molecule has 0 fully saturated rings. The minimum Gasteiger partial charge on any atom is -0.399 e. The van der Waals surface area contributed by atoms with Crippen LogP contribution in [0.3, 0.4) is 0 Å². The van der Waals surface area contributed by atoms with E-state index in [0.717, 1.165) is 4.47 Å². The highest BCUT2D eigenvalue weighted by molar-refractivity contribution is 9.10. The Bertz CT molecular complexity index is 822. The van der Waals surface area contributed by atoms with Crippen LogP contribution in [0, 0.1) is 5.82 Å². The van der Waals surface area contributed by atoms with Gasteiger partial charge in [0.15, 0.2) is 0 Å². The second-order valence-electron chi connectivity index (χ2n) is 4.29. The molecule has 0 saturated carbocycles. The Kier molecular flexibility index (Phi) is 3.65. The van der Waals surface area contributed by atoms with Crippen LogP contribution in [-0.2, 0) is 0 Å². The Labute approximate surface area is 132 Å². The van der Waals surface area contributed by atoms with E-state index in [1.54, 1.807) is 18.2 Å². The number of hydrogen-bond donors (Lipinski definition) is 1. The number of nitrogen functional groups attached to an aromatic ring is 1. The van der Waals surface area contributed by atoms with Crippen molar-refractivity contribution in [1.29, 1.82) is 0 Å². The summed E-state index contributed by atoms with van der Waals surface area (Å²) in [5, 5.41) is 4.09. The molecular formula is C14H8BrClFN3O. The van der Waals surface area contributed by atoms with Gasteiger partial charge in [-0.3, -0.25) is 0 Å². The van der Waals surface area contributed by atoms with E-state index >= 15 is 0 Å². The Hall–Kier alpha value is -1.92. The minimum absolute atomic E-state index is 0.217. The highest BCUT2D eigenvalue weighted by Gasteiger charge is 2.15. The molecule has 0 saturated heterocycles. The Balaban J connectivity index is 2.06. The van der Waals surface area contributed by atoms with Crippen LogP contribution in [0.5, 0.6) is 0 Å². The number of anilines is 1. The zero-order chi connectivity index (χ0) is 15.0. The van der Waals surface area contributed by atoms with E-state index in [-0.39, 0.29) is 10.8 Å². The third-order valence-corrected chi connectivity index (χ3v) is 3.82. The van der Waals surface area contributed by atoms with E-state index in [2.05, 4.69) is 26.1 Å². The van der Waals surface area contributed by atoms with Gasteiger partial charge in [0.2, 0.25) is 5.82 Å². The van der Waals surface area contributed by atoms with E-state index in [9.17, 15) is 4.39 Å². The molecule has 0 unspecified atom stereocenters. The van der Waals surface area contributed by atoms with Crippen molar-refractivity contribution in [2.75, 3.05) is 5.73 Å².